The van der Waals surface area contributed by atoms with Crippen LogP contribution in [0.5, 0.6) is 5.75 Å². The maximum absolute atomic E-state index is 5.84. The molecule has 1 aromatic rings. The molecular formula is C16H27N3O. The van der Waals surface area contributed by atoms with E-state index in [0.717, 1.165) is 43.7 Å². The molecule has 4 nitrogen and oxygen atoms in total. The van der Waals surface area contributed by atoms with Crippen molar-refractivity contribution in [3.05, 3.63) is 29.3 Å². The van der Waals surface area contributed by atoms with Gasteiger partial charge in [-0.1, -0.05) is 32.4 Å². The number of rotatable bonds is 8. The minimum Gasteiger partial charge on any atom is -0.493 e. The zero-order valence-corrected chi connectivity index (χ0v) is 12.9. The van der Waals surface area contributed by atoms with Gasteiger partial charge in [-0.05, 0) is 31.4 Å². The van der Waals surface area contributed by atoms with Crippen molar-refractivity contribution in [2.45, 2.75) is 46.6 Å². The van der Waals surface area contributed by atoms with Crippen LogP contribution >= 0.6 is 0 Å². The van der Waals surface area contributed by atoms with Crippen LogP contribution in [0.2, 0.25) is 0 Å². The van der Waals surface area contributed by atoms with Crippen LogP contribution < -0.4 is 15.8 Å². The van der Waals surface area contributed by atoms with Crippen LogP contribution in [0, 0.1) is 6.92 Å². The molecule has 0 amide bonds. The van der Waals surface area contributed by atoms with Gasteiger partial charge < -0.3 is 15.8 Å². The fraction of sp³-hybridized carbons (Fsp3) is 0.562. The van der Waals surface area contributed by atoms with Crippen molar-refractivity contribution in [1.29, 1.82) is 0 Å². The predicted molar refractivity (Wildman–Crippen MR) is 85.2 cm³/mol. The highest BCUT2D eigenvalue weighted by Gasteiger charge is 2.04. The number of nitrogens with two attached hydrogens (primary N) is 1. The molecule has 0 atom stereocenters. The van der Waals surface area contributed by atoms with E-state index in [9.17, 15) is 0 Å². The maximum atomic E-state index is 5.84. The fourth-order valence-corrected chi connectivity index (χ4v) is 1.76. The summed E-state index contributed by atoms with van der Waals surface area (Å²) in [5, 5.41) is 3.11. The Balaban J connectivity index is 2.63. The third-order valence-corrected chi connectivity index (χ3v) is 2.94. The second kappa shape index (κ2) is 9.23. The number of nitrogens with one attached hydrogen (secondary N) is 1. The molecule has 1 aromatic carbocycles. The molecule has 0 fully saturated rings. The molecule has 0 aliphatic carbocycles. The number of guanidine groups is 1. The lowest BCUT2D eigenvalue weighted by atomic mass is 10.1. The van der Waals surface area contributed by atoms with Crippen molar-refractivity contribution in [3.63, 3.8) is 0 Å². The molecule has 0 saturated carbocycles. The number of unbranched alkanes of at least 4 members (excludes halogenated alkanes) is 1. The molecule has 0 aliphatic heterocycles. The van der Waals surface area contributed by atoms with E-state index in [1.54, 1.807) is 0 Å². The number of ether oxygens (including phenoxy) is 1. The lowest BCUT2D eigenvalue weighted by molar-refractivity contribution is 0.314. The molecule has 0 spiro atoms. The molecule has 0 saturated heterocycles. The summed E-state index contributed by atoms with van der Waals surface area (Å²) in [7, 11) is 0. The topological polar surface area (TPSA) is 59.6 Å². The van der Waals surface area contributed by atoms with E-state index in [4.69, 9.17) is 10.5 Å². The minimum atomic E-state index is 0.500. The molecule has 4 heteroatoms. The Hall–Kier alpha value is -1.71. The van der Waals surface area contributed by atoms with Crippen LogP contribution in [-0.2, 0) is 6.54 Å². The largest absolute Gasteiger partial charge is 0.493 e. The first-order valence-electron chi connectivity index (χ1n) is 7.43. The molecule has 20 heavy (non-hydrogen) atoms. The smallest absolute Gasteiger partial charge is 0.188 e. The lowest BCUT2D eigenvalue weighted by Crippen LogP contribution is -2.32. The van der Waals surface area contributed by atoms with Crippen molar-refractivity contribution in [2.75, 3.05) is 13.2 Å². The summed E-state index contributed by atoms with van der Waals surface area (Å²) < 4.78 is 5.77. The van der Waals surface area contributed by atoms with Crippen LogP contribution in [0.4, 0.5) is 0 Å². The van der Waals surface area contributed by atoms with Crippen LogP contribution in [0.25, 0.3) is 0 Å². The van der Waals surface area contributed by atoms with Gasteiger partial charge in [-0.3, -0.25) is 0 Å². The van der Waals surface area contributed by atoms with Crippen molar-refractivity contribution in [2.24, 2.45) is 10.7 Å². The Morgan fingerprint density at radius 3 is 2.80 bits per heavy atom. The Labute approximate surface area is 122 Å². The minimum absolute atomic E-state index is 0.500. The third kappa shape index (κ3) is 5.95. The number of aryl methyl sites for hydroxylation is 1. The van der Waals surface area contributed by atoms with Crippen molar-refractivity contribution >= 4 is 5.96 Å². The molecule has 0 heterocycles. The van der Waals surface area contributed by atoms with Crippen molar-refractivity contribution < 1.29 is 4.74 Å². The summed E-state index contributed by atoms with van der Waals surface area (Å²) in [6.07, 6.45) is 3.25. The average Bonchev–Trinajstić information content (AvgIpc) is 2.44. The Morgan fingerprint density at radius 1 is 1.30 bits per heavy atom. The number of hydrogen-bond donors (Lipinski definition) is 2. The molecule has 0 aliphatic rings. The molecule has 0 aromatic heterocycles. The van der Waals surface area contributed by atoms with E-state index in [-0.39, 0.29) is 0 Å². The Kier molecular flexibility index (Phi) is 7.55. The Bertz CT molecular complexity index is 430. The number of benzene rings is 1. The summed E-state index contributed by atoms with van der Waals surface area (Å²) in [5.41, 5.74) is 8.11. The van der Waals surface area contributed by atoms with Gasteiger partial charge in [0.15, 0.2) is 5.96 Å². The van der Waals surface area contributed by atoms with Gasteiger partial charge in [-0.15, -0.1) is 0 Å². The predicted octanol–water partition coefficient (Wildman–Crippen LogP) is 2.99. The van der Waals surface area contributed by atoms with Gasteiger partial charge in [0.05, 0.1) is 13.2 Å². The first kappa shape index (κ1) is 16.3. The summed E-state index contributed by atoms with van der Waals surface area (Å²) in [4.78, 5) is 4.37. The highest BCUT2D eigenvalue weighted by molar-refractivity contribution is 5.77. The maximum Gasteiger partial charge on any atom is 0.188 e. The van der Waals surface area contributed by atoms with E-state index < -0.39 is 0 Å². The average molecular weight is 277 g/mol. The second-order valence-electron chi connectivity index (χ2n) is 4.94. The number of nitrogens with zero attached hydrogens (tertiary/aromatic N) is 1. The number of aliphatic imine (C=N–C) groups is 1. The highest BCUT2D eigenvalue weighted by Crippen LogP contribution is 2.21. The van der Waals surface area contributed by atoms with E-state index in [0.29, 0.717) is 12.5 Å². The highest BCUT2D eigenvalue weighted by atomic mass is 16.5. The van der Waals surface area contributed by atoms with Crippen LogP contribution in [0.3, 0.4) is 0 Å². The summed E-state index contributed by atoms with van der Waals surface area (Å²) >= 11 is 0. The Morgan fingerprint density at radius 2 is 2.10 bits per heavy atom. The first-order chi connectivity index (χ1) is 9.67. The molecule has 0 bridgehead atoms. The van der Waals surface area contributed by atoms with E-state index in [1.807, 2.05) is 0 Å². The lowest BCUT2D eigenvalue weighted by Gasteiger charge is -2.11. The molecule has 0 radical (unpaired) electrons. The third-order valence-electron chi connectivity index (χ3n) is 2.94. The molecular weight excluding hydrogens is 250 g/mol. The fourth-order valence-electron chi connectivity index (χ4n) is 1.76. The van der Waals surface area contributed by atoms with Crippen LogP contribution in [-0.4, -0.2) is 19.1 Å². The van der Waals surface area contributed by atoms with E-state index in [2.05, 4.69) is 49.3 Å². The van der Waals surface area contributed by atoms with Gasteiger partial charge in [-0.25, -0.2) is 4.99 Å². The van der Waals surface area contributed by atoms with Crippen molar-refractivity contribution in [3.8, 4) is 5.75 Å². The first-order valence-corrected chi connectivity index (χ1v) is 7.43. The van der Waals surface area contributed by atoms with Crippen LogP contribution in [0.15, 0.2) is 23.2 Å². The van der Waals surface area contributed by atoms with Gasteiger partial charge in [0.2, 0.25) is 0 Å². The molecule has 1 rings (SSSR count). The van der Waals surface area contributed by atoms with Crippen molar-refractivity contribution in [1.82, 2.24) is 5.32 Å². The normalized spacial score (nSPS) is 11.4. The molecule has 112 valence electrons. The summed E-state index contributed by atoms with van der Waals surface area (Å²) in [5.74, 6) is 1.41. The van der Waals surface area contributed by atoms with Gasteiger partial charge in [0, 0.05) is 12.1 Å². The van der Waals surface area contributed by atoms with Crippen LogP contribution in [0.1, 0.15) is 44.2 Å². The van der Waals surface area contributed by atoms with E-state index in [1.165, 1.54) is 5.56 Å². The summed E-state index contributed by atoms with van der Waals surface area (Å²) in [6, 6.07) is 6.19. The van der Waals surface area contributed by atoms with Gasteiger partial charge in [0.1, 0.15) is 5.75 Å². The SMILES string of the molecule is CCCCNC(N)=NCc1ccc(C)cc1OCCC. The molecule has 3 N–H and O–H groups in total. The van der Waals surface area contributed by atoms with E-state index >= 15 is 0 Å². The van der Waals surface area contributed by atoms with Gasteiger partial charge in [-0.2, -0.15) is 0 Å². The number of hydrogen-bond acceptors (Lipinski definition) is 2. The molecule has 0 unspecified atom stereocenters. The quantitative estimate of drug-likeness (QED) is 0.436. The van der Waals surface area contributed by atoms with Gasteiger partial charge in [0.25, 0.3) is 0 Å². The van der Waals surface area contributed by atoms with Gasteiger partial charge >= 0.3 is 0 Å². The monoisotopic (exact) mass is 277 g/mol. The second-order valence-corrected chi connectivity index (χ2v) is 4.94. The summed E-state index contributed by atoms with van der Waals surface area (Å²) in [6.45, 7) is 8.46. The zero-order chi connectivity index (χ0) is 14.8. The standard InChI is InChI=1S/C16H27N3O/c1-4-6-9-18-16(17)19-12-14-8-7-13(3)11-15(14)20-10-5-2/h7-8,11H,4-6,9-10,12H2,1-3H3,(H3,17,18,19). The zero-order valence-electron chi connectivity index (χ0n) is 12.9.